The van der Waals surface area contributed by atoms with Crippen molar-refractivity contribution in [3.05, 3.63) is 95.0 Å². The number of benzene rings is 3. The van der Waals surface area contributed by atoms with Gasteiger partial charge in [-0.2, -0.15) is 0 Å². The molecule has 3 aromatic carbocycles. The summed E-state index contributed by atoms with van der Waals surface area (Å²) in [6.07, 6.45) is 0.423. The van der Waals surface area contributed by atoms with E-state index in [2.05, 4.69) is 19.2 Å². The SMILES string of the molecule is COc1cccc(CN(C(=O)CSc2ccc(Cl)cc2)[C@@H](Cc2ccccc2)C(=O)NCC(C)C)c1. The van der Waals surface area contributed by atoms with E-state index in [1.807, 2.05) is 66.7 Å². The van der Waals surface area contributed by atoms with Gasteiger partial charge in [0.1, 0.15) is 11.8 Å². The van der Waals surface area contributed by atoms with Crippen molar-refractivity contribution in [1.82, 2.24) is 10.2 Å². The van der Waals surface area contributed by atoms with Gasteiger partial charge in [-0.25, -0.2) is 0 Å². The van der Waals surface area contributed by atoms with Gasteiger partial charge in [0.2, 0.25) is 11.8 Å². The van der Waals surface area contributed by atoms with Gasteiger partial charge in [-0.15, -0.1) is 11.8 Å². The number of halogens is 1. The number of rotatable bonds is 12. The molecule has 0 heterocycles. The van der Waals surface area contributed by atoms with Crippen LogP contribution in [-0.2, 0) is 22.6 Å². The van der Waals surface area contributed by atoms with E-state index in [1.165, 1.54) is 11.8 Å². The molecular weight excluding hydrogens is 492 g/mol. The fourth-order valence-electron chi connectivity index (χ4n) is 3.70. The molecule has 0 aliphatic carbocycles. The lowest BCUT2D eigenvalue weighted by molar-refractivity contribution is -0.139. The highest BCUT2D eigenvalue weighted by molar-refractivity contribution is 8.00. The average molecular weight is 525 g/mol. The number of carbonyl (C=O) groups excluding carboxylic acids is 2. The summed E-state index contributed by atoms with van der Waals surface area (Å²) in [7, 11) is 1.61. The largest absolute Gasteiger partial charge is 0.497 e. The highest BCUT2D eigenvalue weighted by atomic mass is 35.5. The number of methoxy groups -OCH3 is 1. The first-order valence-electron chi connectivity index (χ1n) is 12.0. The minimum Gasteiger partial charge on any atom is -0.497 e. The third-order valence-corrected chi connectivity index (χ3v) is 6.87. The number of carbonyl (C=O) groups is 2. The van der Waals surface area contributed by atoms with Crippen LogP contribution in [0.25, 0.3) is 0 Å². The van der Waals surface area contributed by atoms with E-state index in [4.69, 9.17) is 16.3 Å². The van der Waals surface area contributed by atoms with Crippen LogP contribution in [0, 0.1) is 5.92 Å². The van der Waals surface area contributed by atoms with Gasteiger partial charge in [-0.05, 0) is 53.4 Å². The zero-order valence-corrected chi connectivity index (χ0v) is 22.5. The molecule has 0 saturated heterocycles. The minimum atomic E-state index is -0.657. The molecule has 190 valence electrons. The Morgan fingerprint density at radius 3 is 2.33 bits per heavy atom. The number of hydrogen-bond donors (Lipinski definition) is 1. The molecule has 0 aliphatic rings. The summed E-state index contributed by atoms with van der Waals surface area (Å²) in [5.74, 6) is 0.946. The zero-order valence-electron chi connectivity index (χ0n) is 20.9. The molecule has 3 rings (SSSR count). The average Bonchev–Trinajstić information content (AvgIpc) is 2.89. The van der Waals surface area contributed by atoms with E-state index in [9.17, 15) is 9.59 Å². The van der Waals surface area contributed by atoms with Crippen molar-refractivity contribution in [1.29, 1.82) is 0 Å². The van der Waals surface area contributed by atoms with E-state index < -0.39 is 6.04 Å². The molecule has 0 fully saturated rings. The summed E-state index contributed by atoms with van der Waals surface area (Å²) in [5, 5.41) is 3.70. The monoisotopic (exact) mass is 524 g/mol. The number of ether oxygens (including phenoxy) is 1. The van der Waals surface area contributed by atoms with Crippen LogP contribution in [0.15, 0.2) is 83.8 Å². The van der Waals surface area contributed by atoms with Gasteiger partial charge >= 0.3 is 0 Å². The van der Waals surface area contributed by atoms with Gasteiger partial charge in [0.15, 0.2) is 0 Å². The Labute approximate surface area is 223 Å². The molecule has 0 unspecified atom stereocenters. The highest BCUT2D eigenvalue weighted by Gasteiger charge is 2.30. The first-order chi connectivity index (χ1) is 17.4. The number of thioether (sulfide) groups is 1. The molecule has 0 spiro atoms. The molecule has 0 bridgehead atoms. The second kappa shape index (κ2) is 14.0. The van der Waals surface area contributed by atoms with Crippen molar-refractivity contribution in [2.45, 2.75) is 37.8 Å². The minimum absolute atomic E-state index is 0.113. The maximum absolute atomic E-state index is 13.7. The van der Waals surface area contributed by atoms with Crippen LogP contribution in [-0.4, -0.2) is 42.2 Å². The number of nitrogens with zero attached hydrogens (tertiary/aromatic N) is 1. The van der Waals surface area contributed by atoms with Crippen molar-refractivity contribution in [2.24, 2.45) is 5.92 Å². The number of hydrogen-bond acceptors (Lipinski definition) is 4. The third-order valence-electron chi connectivity index (χ3n) is 5.62. The maximum atomic E-state index is 13.7. The van der Waals surface area contributed by atoms with E-state index in [0.29, 0.717) is 36.2 Å². The van der Waals surface area contributed by atoms with Gasteiger partial charge in [-0.3, -0.25) is 9.59 Å². The van der Waals surface area contributed by atoms with Crippen LogP contribution in [0.5, 0.6) is 5.75 Å². The van der Waals surface area contributed by atoms with E-state index in [1.54, 1.807) is 24.1 Å². The molecule has 5 nitrogen and oxygen atoms in total. The highest BCUT2D eigenvalue weighted by Crippen LogP contribution is 2.23. The van der Waals surface area contributed by atoms with Gasteiger partial charge in [-0.1, -0.05) is 67.9 Å². The van der Waals surface area contributed by atoms with Gasteiger partial charge in [0.25, 0.3) is 0 Å². The van der Waals surface area contributed by atoms with Crippen LogP contribution in [0.3, 0.4) is 0 Å². The van der Waals surface area contributed by atoms with E-state index in [0.717, 1.165) is 16.0 Å². The van der Waals surface area contributed by atoms with Crippen LogP contribution in [0.2, 0.25) is 5.02 Å². The van der Waals surface area contributed by atoms with Crippen molar-refractivity contribution < 1.29 is 14.3 Å². The van der Waals surface area contributed by atoms with Gasteiger partial charge in [0, 0.05) is 29.4 Å². The molecule has 0 radical (unpaired) electrons. The summed E-state index contributed by atoms with van der Waals surface area (Å²) < 4.78 is 5.38. The van der Waals surface area contributed by atoms with Crippen molar-refractivity contribution >= 4 is 35.2 Å². The molecule has 0 saturated carbocycles. The fraction of sp³-hybridized carbons (Fsp3) is 0.310. The van der Waals surface area contributed by atoms with E-state index >= 15 is 0 Å². The van der Waals surface area contributed by atoms with Gasteiger partial charge < -0.3 is 15.0 Å². The Hall–Kier alpha value is -2.96. The molecule has 1 atom stereocenters. The predicted octanol–water partition coefficient (Wildman–Crippen LogP) is 5.85. The molecule has 3 aromatic rings. The van der Waals surface area contributed by atoms with Crippen LogP contribution < -0.4 is 10.1 Å². The quantitative estimate of drug-likeness (QED) is 0.302. The van der Waals surface area contributed by atoms with Crippen LogP contribution in [0.4, 0.5) is 0 Å². The first kappa shape index (κ1) is 27.6. The maximum Gasteiger partial charge on any atom is 0.243 e. The van der Waals surface area contributed by atoms with Crippen molar-refractivity contribution in [3.63, 3.8) is 0 Å². The predicted molar refractivity (Wildman–Crippen MR) is 148 cm³/mol. The number of amides is 2. The molecule has 0 aliphatic heterocycles. The lowest BCUT2D eigenvalue weighted by Gasteiger charge is -2.32. The summed E-state index contributed by atoms with van der Waals surface area (Å²) in [6, 6.07) is 24.2. The summed E-state index contributed by atoms with van der Waals surface area (Å²) in [6.45, 7) is 4.94. The van der Waals surface area contributed by atoms with Gasteiger partial charge in [0.05, 0.1) is 12.9 Å². The second-order valence-electron chi connectivity index (χ2n) is 8.96. The topological polar surface area (TPSA) is 58.6 Å². The molecule has 36 heavy (non-hydrogen) atoms. The summed E-state index contributed by atoms with van der Waals surface area (Å²) in [4.78, 5) is 29.8. The first-order valence-corrected chi connectivity index (χ1v) is 13.3. The molecule has 2 amide bonds. The number of nitrogens with one attached hydrogen (secondary N) is 1. The van der Waals surface area contributed by atoms with Crippen LogP contribution in [0.1, 0.15) is 25.0 Å². The Morgan fingerprint density at radius 2 is 1.67 bits per heavy atom. The standard InChI is InChI=1S/C29H33ClN2O3S/c1-21(2)18-31-29(34)27(17-22-8-5-4-6-9-22)32(19-23-10-7-11-25(16-23)35-3)28(33)20-36-26-14-12-24(30)13-15-26/h4-16,21,27H,17-20H2,1-3H3,(H,31,34)/t27-/m0/s1. The van der Waals surface area contributed by atoms with Crippen molar-refractivity contribution in [2.75, 3.05) is 19.4 Å². The van der Waals surface area contributed by atoms with E-state index in [-0.39, 0.29) is 17.6 Å². The Morgan fingerprint density at radius 1 is 0.972 bits per heavy atom. The zero-order chi connectivity index (χ0) is 25.9. The Bertz CT molecular complexity index is 1120. The molecule has 0 aromatic heterocycles. The normalized spacial score (nSPS) is 11.7. The molecule has 1 N–H and O–H groups in total. The third kappa shape index (κ3) is 8.61. The molecule has 7 heteroatoms. The van der Waals surface area contributed by atoms with Crippen LogP contribution >= 0.6 is 23.4 Å². The summed E-state index contributed by atoms with van der Waals surface area (Å²) in [5.41, 5.74) is 1.89. The smallest absolute Gasteiger partial charge is 0.243 e. The fourth-order valence-corrected chi connectivity index (χ4v) is 4.61. The molecular formula is C29H33ClN2O3S. The lowest BCUT2D eigenvalue weighted by atomic mass is 10.0. The van der Waals surface area contributed by atoms with Crippen molar-refractivity contribution in [3.8, 4) is 5.75 Å². The Kier molecular flexibility index (Phi) is 10.7. The lowest BCUT2D eigenvalue weighted by Crippen LogP contribution is -2.51. The summed E-state index contributed by atoms with van der Waals surface area (Å²) >= 11 is 7.44. The second-order valence-corrected chi connectivity index (χ2v) is 10.4. The Balaban J connectivity index is 1.90.